The van der Waals surface area contributed by atoms with E-state index in [0.717, 1.165) is 49.1 Å². The molecule has 0 spiro atoms. The molecule has 0 saturated carbocycles. The second-order valence-electron chi connectivity index (χ2n) is 9.45. The van der Waals surface area contributed by atoms with E-state index in [4.69, 9.17) is 21.7 Å². The molecule has 2 fully saturated rings. The molecule has 2 aliphatic rings. The van der Waals surface area contributed by atoms with Crippen LogP contribution in [0.25, 0.3) is 5.69 Å². The van der Waals surface area contributed by atoms with E-state index in [2.05, 4.69) is 55.0 Å². The zero-order valence-corrected chi connectivity index (χ0v) is 22.4. The monoisotopic (exact) mass is 539 g/mol. The van der Waals surface area contributed by atoms with Crippen molar-refractivity contribution in [3.05, 3.63) is 108 Å². The van der Waals surface area contributed by atoms with Crippen LogP contribution in [-0.4, -0.2) is 54.0 Å². The van der Waals surface area contributed by atoms with Gasteiger partial charge in [0.05, 0.1) is 37.6 Å². The highest BCUT2D eigenvalue weighted by Crippen LogP contribution is 2.42. The lowest BCUT2D eigenvalue weighted by Crippen LogP contribution is -2.36. The summed E-state index contributed by atoms with van der Waals surface area (Å²) in [7, 11) is 1.39. The molecule has 2 saturated heterocycles. The Labute approximate surface area is 232 Å². The molecule has 0 aliphatic carbocycles. The molecule has 2 aromatic carbocycles. The van der Waals surface area contributed by atoms with Crippen molar-refractivity contribution in [1.82, 2.24) is 14.9 Å². The van der Waals surface area contributed by atoms with Crippen molar-refractivity contribution < 1.29 is 14.3 Å². The van der Waals surface area contributed by atoms with Crippen LogP contribution in [0.15, 0.2) is 91.3 Å². The van der Waals surface area contributed by atoms with E-state index < -0.39 is 0 Å². The third-order valence-electron chi connectivity index (χ3n) is 7.25. The van der Waals surface area contributed by atoms with E-state index in [1.54, 1.807) is 12.1 Å². The molecule has 9 heteroatoms. The summed E-state index contributed by atoms with van der Waals surface area (Å²) < 4.78 is 12.5. The quantitative estimate of drug-likeness (QED) is 0.280. The van der Waals surface area contributed by atoms with Crippen molar-refractivity contribution in [3.8, 4) is 5.69 Å². The van der Waals surface area contributed by atoms with Gasteiger partial charge in [-0.05, 0) is 85.0 Å². The van der Waals surface area contributed by atoms with Gasteiger partial charge in [0.1, 0.15) is 6.04 Å². The molecule has 198 valence electrons. The van der Waals surface area contributed by atoms with E-state index in [-0.39, 0.29) is 18.1 Å². The fourth-order valence-corrected chi connectivity index (χ4v) is 5.67. The smallest absolute Gasteiger partial charge is 0.337 e. The number of hydrogen-bond donors (Lipinski definition) is 1. The molecule has 0 radical (unpaired) electrons. The van der Waals surface area contributed by atoms with E-state index >= 15 is 0 Å². The number of carbonyl (C=O) groups is 1. The summed E-state index contributed by atoms with van der Waals surface area (Å²) in [5, 5.41) is 4.18. The first-order chi connectivity index (χ1) is 19.1. The van der Waals surface area contributed by atoms with Crippen molar-refractivity contribution in [2.45, 2.75) is 12.1 Å². The van der Waals surface area contributed by atoms with Gasteiger partial charge in [-0.2, -0.15) is 0 Å². The van der Waals surface area contributed by atoms with Crippen molar-refractivity contribution in [1.29, 1.82) is 0 Å². The molecular formula is C30H29N5O3S. The van der Waals surface area contributed by atoms with Gasteiger partial charge in [0.2, 0.25) is 0 Å². The maximum atomic E-state index is 12.0. The van der Waals surface area contributed by atoms with E-state index in [1.165, 1.54) is 12.8 Å². The second kappa shape index (κ2) is 10.9. The first-order valence-corrected chi connectivity index (χ1v) is 13.3. The molecule has 0 amide bonds. The van der Waals surface area contributed by atoms with Gasteiger partial charge < -0.3 is 29.2 Å². The number of methoxy groups -OCH3 is 1. The number of esters is 1. The summed E-state index contributed by atoms with van der Waals surface area (Å²) in [4.78, 5) is 21.2. The number of pyridine rings is 1. The Hall–Kier alpha value is -4.21. The molecule has 1 N–H and O–H groups in total. The topological polar surface area (TPSA) is 71.9 Å². The molecule has 8 nitrogen and oxygen atoms in total. The predicted octanol–water partition coefficient (Wildman–Crippen LogP) is 4.67. The third kappa shape index (κ3) is 4.86. The molecular weight excluding hydrogens is 510 g/mol. The van der Waals surface area contributed by atoms with Crippen molar-refractivity contribution >= 4 is 34.7 Å². The number of benzene rings is 2. The van der Waals surface area contributed by atoms with Crippen LogP contribution in [0.2, 0.25) is 0 Å². The van der Waals surface area contributed by atoms with Crippen LogP contribution >= 0.6 is 12.2 Å². The summed E-state index contributed by atoms with van der Waals surface area (Å²) in [6, 6.07) is 25.7. The van der Waals surface area contributed by atoms with Crippen molar-refractivity contribution in [2.24, 2.45) is 0 Å². The summed E-state index contributed by atoms with van der Waals surface area (Å²) in [6.45, 7) is 3.26. The highest BCUT2D eigenvalue weighted by atomic mass is 32.1. The summed E-state index contributed by atoms with van der Waals surface area (Å²) in [6.07, 6.45) is 3.83. The van der Waals surface area contributed by atoms with Gasteiger partial charge in [0.25, 0.3) is 0 Å². The molecule has 2 unspecified atom stereocenters. The fourth-order valence-electron chi connectivity index (χ4n) is 5.33. The minimum atomic E-state index is -0.360. The molecule has 0 bridgehead atoms. The number of rotatable bonds is 6. The van der Waals surface area contributed by atoms with Gasteiger partial charge in [0, 0.05) is 48.2 Å². The Bertz CT molecular complexity index is 1450. The van der Waals surface area contributed by atoms with Gasteiger partial charge >= 0.3 is 5.97 Å². The second-order valence-corrected chi connectivity index (χ2v) is 9.84. The fraction of sp³-hybridized carbons (Fsp3) is 0.233. The maximum absolute atomic E-state index is 12.0. The van der Waals surface area contributed by atoms with E-state index in [9.17, 15) is 4.79 Å². The molecule has 39 heavy (non-hydrogen) atoms. The summed E-state index contributed by atoms with van der Waals surface area (Å²) in [5.41, 5.74) is 5.57. The number of thiocarbonyl (C=S) groups is 1. The maximum Gasteiger partial charge on any atom is 0.337 e. The van der Waals surface area contributed by atoms with E-state index in [1.807, 2.05) is 48.8 Å². The number of ether oxygens (including phenoxy) is 2. The predicted molar refractivity (Wildman–Crippen MR) is 155 cm³/mol. The standard InChI is InChI=1S/C30H29N5O3S/c1-37-29(36)21-7-9-23(10-8-21)34-16-4-6-26(34)28-27(25-5-2-3-15-31-25)32-30(39)35(28)24-13-11-22(12-14-24)33-17-19-38-20-18-33/h2-16,27-28H,17-20H2,1H3,(H,32,39). The lowest BCUT2D eigenvalue weighted by atomic mass is 10.0. The number of nitrogens with one attached hydrogen (secondary N) is 1. The Kier molecular flexibility index (Phi) is 7.00. The minimum Gasteiger partial charge on any atom is -0.465 e. The number of nitrogens with zero attached hydrogens (tertiary/aromatic N) is 4. The average Bonchev–Trinajstić information content (AvgIpc) is 3.62. The minimum absolute atomic E-state index is 0.166. The lowest BCUT2D eigenvalue weighted by Gasteiger charge is -2.31. The number of anilines is 2. The Morgan fingerprint density at radius 3 is 2.36 bits per heavy atom. The van der Waals surface area contributed by atoms with Gasteiger partial charge in [-0.25, -0.2) is 4.79 Å². The summed E-state index contributed by atoms with van der Waals surface area (Å²) >= 11 is 5.93. The van der Waals surface area contributed by atoms with Crippen LogP contribution in [0.3, 0.4) is 0 Å². The van der Waals surface area contributed by atoms with Crippen LogP contribution in [0.1, 0.15) is 33.8 Å². The van der Waals surface area contributed by atoms with Crippen molar-refractivity contribution in [2.75, 3.05) is 43.2 Å². The Morgan fingerprint density at radius 2 is 1.67 bits per heavy atom. The lowest BCUT2D eigenvalue weighted by molar-refractivity contribution is 0.0600. The number of morpholine rings is 1. The Balaban J connectivity index is 1.39. The highest BCUT2D eigenvalue weighted by Gasteiger charge is 2.42. The van der Waals surface area contributed by atoms with Crippen LogP contribution in [0.4, 0.5) is 11.4 Å². The zero-order chi connectivity index (χ0) is 26.8. The van der Waals surface area contributed by atoms with Gasteiger partial charge in [-0.1, -0.05) is 6.07 Å². The van der Waals surface area contributed by atoms with Crippen LogP contribution in [0, 0.1) is 0 Å². The molecule has 2 aliphatic heterocycles. The zero-order valence-electron chi connectivity index (χ0n) is 21.6. The first kappa shape index (κ1) is 25.1. The van der Waals surface area contributed by atoms with Crippen LogP contribution < -0.4 is 15.1 Å². The van der Waals surface area contributed by atoms with E-state index in [0.29, 0.717) is 10.7 Å². The molecule has 4 aromatic rings. The molecule has 2 atom stereocenters. The average molecular weight is 540 g/mol. The number of carbonyl (C=O) groups excluding carboxylic acids is 1. The van der Waals surface area contributed by atoms with Crippen LogP contribution in [0.5, 0.6) is 0 Å². The molecule has 2 aromatic heterocycles. The first-order valence-electron chi connectivity index (χ1n) is 12.9. The van der Waals surface area contributed by atoms with Gasteiger partial charge in [-0.15, -0.1) is 0 Å². The SMILES string of the molecule is COC(=O)c1ccc(-n2cccc2C2C(c3ccccn3)NC(=S)N2c2ccc(N3CCOCC3)cc2)cc1. The number of hydrogen-bond acceptors (Lipinski definition) is 6. The molecule has 6 rings (SSSR count). The number of aromatic nitrogens is 2. The normalized spacial score (nSPS) is 19.2. The van der Waals surface area contributed by atoms with Crippen molar-refractivity contribution in [3.63, 3.8) is 0 Å². The molecule has 4 heterocycles. The Morgan fingerprint density at radius 1 is 0.949 bits per heavy atom. The highest BCUT2D eigenvalue weighted by molar-refractivity contribution is 7.80. The largest absolute Gasteiger partial charge is 0.465 e. The van der Waals surface area contributed by atoms with Crippen LogP contribution in [-0.2, 0) is 9.47 Å². The summed E-state index contributed by atoms with van der Waals surface area (Å²) in [5.74, 6) is -0.360. The van der Waals surface area contributed by atoms with Gasteiger partial charge in [-0.3, -0.25) is 4.98 Å². The third-order valence-corrected chi connectivity index (χ3v) is 7.57. The van der Waals surface area contributed by atoms with Gasteiger partial charge in [0.15, 0.2) is 5.11 Å².